The number of phenols is 1. The smallest absolute Gasteiger partial charge is 0.367 e. The molecule has 0 saturated carbocycles. The third-order valence-electron chi connectivity index (χ3n) is 3.70. The Hall–Kier alpha value is -2.61. The molecule has 0 bridgehead atoms. The zero-order valence-corrected chi connectivity index (χ0v) is 17.5. The molecule has 2 heterocycles. The summed E-state index contributed by atoms with van der Waals surface area (Å²) in [5.74, 6) is -0.538. The van der Waals surface area contributed by atoms with Gasteiger partial charge in [0.05, 0.1) is 17.3 Å². The monoisotopic (exact) mass is 461 g/mol. The van der Waals surface area contributed by atoms with Crippen LogP contribution in [0, 0.1) is 0 Å². The number of halogens is 1. The van der Waals surface area contributed by atoms with Crippen LogP contribution in [0.2, 0.25) is 5.02 Å². The number of sulfonamides is 1. The number of amidine groups is 2. The van der Waals surface area contributed by atoms with Crippen molar-refractivity contribution >= 4 is 49.2 Å². The minimum atomic E-state index is -4.14. The molecule has 2 aromatic rings. The van der Waals surface area contributed by atoms with Gasteiger partial charge in [0.2, 0.25) is 10.0 Å². The molecule has 156 valence electrons. The molecule has 1 aromatic carbocycles. The number of furan rings is 1. The number of nitrogens with one attached hydrogen (secondary N) is 2. The van der Waals surface area contributed by atoms with E-state index in [9.17, 15) is 21.9 Å². The van der Waals surface area contributed by atoms with Gasteiger partial charge >= 0.3 is 10.2 Å². The maximum atomic E-state index is 12.3. The molecule has 1 aliphatic rings. The van der Waals surface area contributed by atoms with Gasteiger partial charge in [-0.05, 0) is 12.1 Å². The minimum absolute atomic E-state index is 0.0583. The second-order valence-electron chi connectivity index (χ2n) is 5.98. The molecule has 0 aliphatic carbocycles. The van der Waals surface area contributed by atoms with Crippen molar-refractivity contribution in [2.24, 2.45) is 8.80 Å². The van der Waals surface area contributed by atoms with Crippen molar-refractivity contribution in [3.05, 3.63) is 41.3 Å². The van der Waals surface area contributed by atoms with Crippen molar-refractivity contribution in [3.8, 4) is 5.75 Å². The maximum Gasteiger partial charge on any atom is 0.367 e. The van der Waals surface area contributed by atoms with E-state index in [0.717, 1.165) is 4.31 Å². The van der Waals surface area contributed by atoms with Gasteiger partial charge in [-0.15, -0.1) is 8.80 Å². The normalized spacial score (nSPS) is 15.9. The zero-order chi connectivity index (χ0) is 21.4. The lowest BCUT2D eigenvalue weighted by molar-refractivity contribution is 0.455. The lowest BCUT2D eigenvalue weighted by Gasteiger charge is -2.15. The average Bonchev–Trinajstić information content (AvgIpc) is 3.16. The summed E-state index contributed by atoms with van der Waals surface area (Å²) in [5, 5.41) is 16.1. The first-order valence-electron chi connectivity index (χ1n) is 7.93. The van der Waals surface area contributed by atoms with Crippen LogP contribution in [-0.2, 0) is 26.8 Å². The number of nitrogens with zero attached hydrogens (tertiary/aromatic N) is 3. The summed E-state index contributed by atoms with van der Waals surface area (Å²) in [4.78, 5) is -0.356. The Bertz CT molecular complexity index is 1220. The van der Waals surface area contributed by atoms with Crippen LogP contribution in [0.15, 0.2) is 48.6 Å². The average molecular weight is 462 g/mol. The Morgan fingerprint density at radius 2 is 1.93 bits per heavy atom. The summed E-state index contributed by atoms with van der Waals surface area (Å²) in [5.41, 5.74) is -0.0701. The van der Waals surface area contributed by atoms with E-state index in [1.807, 2.05) is 0 Å². The molecule has 11 nitrogen and oxygen atoms in total. The minimum Gasteiger partial charge on any atom is -0.504 e. The molecule has 0 spiro atoms. The van der Waals surface area contributed by atoms with Gasteiger partial charge in [0, 0.05) is 20.2 Å². The molecule has 0 unspecified atom stereocenters. The van der Waals surface area contributed by atoms with Crippen LogP contribution in [0.3, 0.4) is 0 Å². The molecule has 0 radical (unpaired) electrons. The summed E-state index contributed by atoms with van der Waals surface area (Å²) < 4.78 is 61.3. The molecule has 1 aliphatic heterocycles. The first kappa shape index (κ1) is 21.1. The van der Waals surface area contributed by atoms with E-state index < -0.39 is 26.0 Å². The third kappa shape index (κ3) is 4.53. The van der Waals surface area contributed by atoms with Crippen LogP contribution in [0.5, 0.6) is 5.75 Å². The highest BCUT2D eigenvalue weighted by molar-refractivity contribution is 7.89. The number of benzene rings is 1. The fourth-order valence-corrected chi connectivity index (χ4v) is 4.26. The van der Waals surface area contributed by atoms with Gasteiger partial charge in [-0.3, -0.25) is 0 Å². The second kappa shape index (κ2) is 7.67. The van der Waals surface area contributed by atoms with Gasteiger partial charge in [-0.2, -0.15) is 8.42 Å². The van der Waals surface area contributed by atoms with Crippen LogP contribution >= 0.6 is 11.6 Å². The van der Waals surface area contributed by atoms with Gasteiger partial charge in [0.1, 0.15) is 16.9 Å². The van der Waals surface area contributed by atoms with E-state index in [1.54, 1.807) is 0 Å². The topological polar surface area (TPSA) is 154 Å². The number of hydrogen-bond donors (Lipinski definition) is 3. The van der Waals surface area contributed by atoms with Crippen molar-refractivity contribution in [1.29, 1.82) is 0 Å². The summed E-state index contributed by atoms with van der Waals surface area (Å²) >= 11 is 5.76. The highest BCUT2D eigenvalue weighted by Crippen LogP contribution is 2.32. The number of phenolic OH excluding ortho intramolecular Hbond substituents is 1. The number of aromatic hydroxyl groups is 1. The van der Waals surface area contributed by atoms with Crippen LogP contribution in [0.25, 0.3) is 0 Å². The number of rotatable bonds is 5. The fourth-order valence-electron chi connectivity index (χ4n) is 2.31. The lowest BCUT2D eigenvalue weighted by atomic mass is 10.3. The summed E-state index contributed by atoms with van der Waals surface area (Å²) in [6.07, 6.45) is 1.31. The maximum absolute atomic E-state index is 12.3. The van der Waals surface area contributed by atoms with Crippen LogP contribution < -0.4 is 10.6 Å². The van der Waals surface area contributed by atoms with Gasteiger partial charge in [-0.25, -0.2) is 12.7 Å². The molecule has 1 aromatic heterocycles. The standard InChI is InChI=1S/C15H16ClN5O6S2/c1-21(2)28(23,24)12-5-3-4-11(13(12)22)18-15-14(19-29(25,26)20-15)17-7-10-6-9(16)8-27-10/h3-6,8,22H,7H2,1-2H3,(H,17,19)(H,18,20). The molecule has 3 rings (SSSR count). The molecule has 29 heavy (non-hydrogen) atoms. The van der Waals surface area contributed by atoms with Crippen LogP contribution in [0.4, 0.5) is 5.69 Å². The van der Waals surface area contributed by atoms with E-state index in [4.69, 9.17) is 16.0 Å². The Kier molecular flexibility index (Phi) is 5.58. The molecule has 0 saturated heterocycles. The quantitative estimate of drug-likeness (QED) is 0.560. The Morgan fingerprint density at radius 1 is 1.24 bits per heavy atom. The molecule has 3 N–H and O–H groups in total. The Balaban J connectivity index is 1.88. The molecule has 0 atom stereocenters. The van der Waals surface area contributed by atoms with Crippen LogP contribution in [0.1, 0.15) is 5.76 Å². The Morgan fingerprint density at radius 3 is 2.55 bits per heavy atom. The van der Waals surface area contributed by atoms with Crippen molar-refractivity contribution < 1.29 is 26.4 Å². The predicted octanol–water partition coefficient (Wildman–Crippen LogP) is 1.15. The van der Waals surface area contributed by atoms with Crippen molar-refractivity contribution in [3.63, 3.8) is 0 Å². The van der Waals surface area contributed by atoms with E-state index in [1.165, 1.54) is 44.6 Å². The van der Waals surface area contributed by atoms with Crippen LogP contribution in [-0.4, -0.2) is 52.0 Å². The highest BCUT2D eigenvalue weighted by atomic mass is 35.5. The van der Waals surface area contributed by atoms with E-state index in [0.29, 0.717) is 10.8 Å². The molecule has 0 amide bonds. The van der Waals surface area contributed by atoms with Gasteiger partial charge < -0.3 is 20.2 Å². The van der Waals surface area contributed by atoms with Crippen molar-refractivity contribution in [2.45, 2.75) is 11.4 Å². The highest BCUT2D eigenvalue weighted by Gasteiger charge is 2.27. The second-order valence-corrected chi connectivity index (χ2v) is 9.79. The SMILES string of the molecule is CN(C)S(=O)(=O)c1cccc(NC2=NS(=O)(=O)N=C2NCc2cc(Cl)co2)c1O. The van der Waals surface area contributed by atoms with Gasteiger partial charge in [0.25, 0.3) is 0 Å². The third-order valence-corrected chi connectivity index (χ3v) is 6.57. The number of hydrogen-bond acceptors (Lipinski definition) is 8. The van der Waals surface area contributed by atoms with E-state index in [2.05, 4.69) is 19.4 Å². The first-order valence-corrected chi connectivity index (χ1v) is 11.1. The molecular weight excluding hydrogens is 446 g/mol. The van der Waals surface area contributed by atoms with Gasteiger partial charge in [0.15, 0.2) is 17.4 Å². The summed E-state index contributed by atoms with van der Waals surface area (Å²) in [6, 6.07) is 5.50. The summed E-state index contributed by atoms with van der Waals surface area (Å²) in [6.45, 7) is 0.0583. The molecule has 14 heteroatoms. The largest absolute Gasteiger partial charge is 0.504 e. The zero-order valence-electron chi connectivity index (χ0n) is 15.1. The Labute approximate surface area is 172 Å². The number of para-hydroxylation sites is 1. The van der Waals surface area contributed by atoms with Crippen molar-refractivity contribution in [1.82, 2.24) is 9.62 Å². The van der Waals surface area contributed by atoms with E-state index >= 15 is 0 Å². The summed E-state index contributed by atoms with van der Waals surface area (Å²) in [7, 11) is -5.44. The molecular formula is C15H16ClN5O6S2. The lowest BCUT2D eigenvalue weighted by Crippen LogP contribution is -2.33. The van der Waals surface area contributed by atoms with E-state index in [-0.39, 0.29) is 28.8 Å². The molecule has 0 fully saturated rings. The predicted molar refractivity (Wildman–Crippen MR) is 107 cm³/mol. The number of anilines is 1. The first-order chi connectivity index (χ1) is 13.5. The fraction of sp³-hybridized carbons (Fsp3) is 0.200. The van der Waals surface area contributed by atoms with Gasteiger partial charge in [-0.1, -0.05) is 17.7 Å². The van der Waals surface area contributed by atoms with Crippen molar-refractivity contribution in [2.75, 3.05) is 19.4 Å².